The molecule has 20 heavy (non-hydrogen) atoms. The van der Waals surface area contributed by atoms with Crippen LogP contribution >= 0.6 is 11.3 Å². The van der Waals surface area contributed by atoms with Crippen molar-refractivity contribution in [3.63, 3.8) is 0 Å². The van der Waals surface area contributed by atoms with E-state index in [1.165, 1.54) is 11.3 Å². The molecule has 0 atom stereocenters. The molecular weight excluding hydrogens is 282 g/mol. The van der Waals surface area contributed by atoms with Crippen LogP contribution in [0.3, 0.4) is 0 Å². The molecule has 0 unspecified atom stereocenters. The maximum Gasteiger partial charge on any atom is 0.322 e. The van der Waals surface area contributed by atoms with Gasteiger partial charge in [0.2, 0.25) is 5.91 Å². The minimum atomic E-state index is -1.14. The molecule has 2 amide bonds. The van der Waals surface area contributed by atoms with Crippen LogP contribution in [0.15, 0.2) is 23.7 Å². The Hall–Kier alpha value is -2.48. The molecule has 1 aromatic heterocycles. The van der Waals surface area contributed by atoms with Crippen LogP contribution in [0.5, 0.6) is 0 Å². The number of thiazole rings is 1. The van der Waals surface area contributed by atoms with Crippen LogP contribution in [0, 0.1) is 0 Å². The summed E-state index contributed by atoms with van der Waals surface area (Å²) in [5.74, 6) is -2.09. The van der Waals surface area contributed by atoms with Gasteiger partial charge in [-0.15, -0.1) is 11.3 Å². The summed E-state index contributed by atoms with van der Waals surface area (Å²) >= 11 is 1.42. The molecule has 0 fully saturated rings. The minimum absolute atomic E-state index is 0.271. The second-order valence-electron chi connectivity index (χ2n) is 3.89. The third-order valence-corrected chi connectivity index (χ3v) is 3.23. The summed E-state index contributed by atoms with van der Waals surface area (Å²) < 4.78 is 0.882. The van der Waals surface area contributed by atoms with E-state index < -0.39 is 24.3 Å². The molecule has 0 aliphatic rings. The summed E-state index contributed by atoms with van der Waals surface area (Å²) in [4.78, 5) is 37.4. The van der Waals surface area contributed by atoms with E-state index in [1.54, 1.807) is 23.7 Å². The van der Waals surface area contributed by atoms with Gasteiger partial charge in [-0.2, -0.15) is 0 Å². The third kappa shape index (κ3) is 3.51. The first-order valence-corrected chi connectivity index (χ1v) is 6.54. The number of fused-ring (bicyclic) bond motifs is 1. The molecule has 0 aliphatic carbocycles. The lowest BCUT2D eigenvalue weighted by Gasteiger charge is -2.05. The Balaban J connectivity index is 1.91. The zero-order valence-corrected chi connectivity index (χ0v) is 11.1. The summed E-state index contributed by atoms with van der Waals surface area (Å²) in [6.45, 7) is -0.742. The van der Waals surface area contributed by atoms with Crippen molar-refractivity contribution < 1.29 is 19.5 Å². The molecule has 0 spiro atoms. The Morgan fingerprint density at radius 1 is 1.20 bits per heavy atom. The number of nitrogens with zero attached hydrogens (tertiary/aromatic N) is 1. The molecule has 104 valence electrons. The summed E-state index contributed by atoms with van der Waals surface area (Å²) in [5.41, 5.74) is 2.92. The van der Waals surface area contributed by atoms with E-state index in [2.05, 4.69) is 15.6 Å². The third-order valence-electron chi connectivity index (χ3n) is 2.44. The van der Waals surface area contributed by atoms with Gasteiger partial charge < -0.3 is 15.7 Å². The van der Waals surface area contributed by atoms with Gasteiger partial charge in [-0.1, -0.05) is 0 Å². The van der Waals surface area contributed by atoms with Gasteiger partial charge in [0.25, 0.3) is 5.91 Å². The van der Waals surface area contributed by atoms with E-state index in [0.29, 0.717) is 5.56 Å². The summed E-state index contributed by atoms with van der Waals surface area (Å²) in [6, 6.07) is 5.04. The average Bonchev–Trinajstić information content (AvgIpc) is 2.89. The predicted octanol–water partition coefficient (Wildman–Crippen LogP) is 0.227. The van der Waals surface area contributed by atoms with Gasteiger partial charge in [0, 0.05) is 5.56 Å². The van der Waals surface area contributed by atoms with E-state index in [4.69, 9.17) is 5.11 Å². The number of carbonyl (C=O) groups is 3. The zero-order valence-electron chi connectivity index (χ0n) is 10.3. The normalized spacial score (nSPS) is 10.2. The predicted molar refractivity (Wildman–Crippen MR) is 72.6 cm³/mol. The fourth-order valence-electron chi connectivity index (χ4n) is 1.50. The average molecular weight is 293 g/mol. The lowest BCUT2D eigenvalue weighted by atomic mass is 10.2. The Kier molecular flexibility index (Phi) is 4.26. The van der Waals surface area contributed by atoms with Crippen LogP contribution < -0.4 is 10.6 Å². The second-order valence-corrected chi connectivity index (χ2v) is 4.77. The fraction of sp³-hybridized carbons (Fsp3) is 0.167. The number of carboxylic acid groups (broad SMARTS) is 1. The van der Waals surface area contributed by atoms with Gasteiger partial charge in [0.15, 0.2) is 0 Å². The van der Waals surface area contributed by atoms with E-state index in [1.807, 2.05) is 0 Å². The van der Waals surface area contributed by atoms with Gasteiger partial charge in [-0.3, -0.25) is 14.4 Å². The molecular formula is C12H11N3O4S. The molecule has 2 rings (SSSR count). The van der Waals surface area contributed by atoms with Crippen molar-refractivity contribution in [1.82, 2.24) is 15.6 Å². The molecule has 0 radical (unpaired) electrons. The fourth-order valence-corrected chi connectivity index (χ4v) is 2.21. The van der Waals surface area contributed by atoms with Crippen molar-refractivity contribution in [2.45, 2.75) is 0 Å². The lowest BCUT2D eigenvalue weighted by molar-refractivity contribution is -0.137. The quantitative estimate of drug-likeness (QED) is 0.731. The number of carbonyl (C=O) groups excluding carboxylic acids is 2. The van der Waals surface area contributed by atoms with Crippen molar-refractivity contribution in [1.29, 1.82) is 0 Å². The zero-order chi connectivity index (χ0) is 14.5. The Bertz CT molecular complexity index is 668. The Morgan fingerprint density at radius 2 is 2.00 bits per heavy atom. The second kappa shape index (κ2) is 6.11. The van der Waals surface area contributed by atoms with Crippen molar-refractivity contribution >= 4 is 39.3 Å². The topological polar surface area (TPSA) is 108 Å². The number of aliphatic carboxylic acids is 1. The maximum atomic E-state index is 11.8. The molecule has 0 saturated carbocycles. The highest BCUT2D eigenvalue weighted by Crippen LogP contribution is 2.18. The van der Waals surface area contributed by atoms with Crippen molar-refractivity contribution in [3.05, 3.63) is 29.3 Å². The van der Waals surface area contributed by atoms with E-state index in [0.717, 1.165) is 10.2 Å². The lowest BCUT2D eigenvalue weighted by Crippen LogP contribution is -2.38. The standard InChI is InChI=1S/C12H11N3O4S/c16-10(13-5-11(17)18)4-14-12(19)7-1-2-8-9(3-7)20-6-15-8/h1-3,6H,4-5H2,(H,13,16)(H,14,19)(H,17,18). The molecule has 2 aromatic rings. The van der Waals surface area contributed by atoms with E-state index in [-0.39, 0.29) is 6.54 Å². The van der Waals surface area contributed by atoms with Crippen LogP contribution in [-0.4, -0.2) is 41.0 Å². The van der Waals surface area contributed by atoms with Crippen molar-refractivity contribution in [3.8, 4) is 0 Å². The van der Waals surface area contributed by atoms with E-state index in [9.17, 15) is 14.4 Å². The Labute approximate surface area is 117 Å². The van der Waals surface area contributed by atoms with Gasteiger partial charge in [0.05, 0.1) is 22.3 Å². The van der Waals surface area contributed by atoms with Gasteiger partial charge in [-0.25, -0.2) is 4.98 Å². The number of rotatable bonds is 5. The first-order valence-electron chi connectivity index (χ1n) is 5.66. The number of carboxylic acids is 1. The van der Waals surface area contributed by atoms with Crippen molar-refractivity contribution in [2.75, 3.05) is 13.1 Å². The Morgan fingerprint density at radius 3 is 2.75 bits per heavy atom. The molecule has 0 saturated heterocycles. The minimum Gasteiger partial charge on any atom is -0.480 e. The molecule has 8 heteroatoms. The van der Waals surface area contributed by atoms with Gasteiger partial charge >= 0.3 is 5.97 Å². The van der Waals surface area contributed by atoms with Crippen LogP contribution in [0.1, 0.15) is 10.4 Å². The number of hydrogen-bond donors (Lipinski definition) is 3. The first-order chi connectivity index (χ1) is 9.56. The molecule has 1 aromatic carbocycles. The highest BCUT2D eigenvalue weighted by molar-refractivity contribution is 7.16. The number of amides is 2. The SMILES string of the molecule is O=C(O)CNC(=O)CNC(=O)c1ccc2ncsc2c1. The highest BCUT2D eigenvalue weighted by Gasteiger charge is 2.10. The summed E-state index contributed by atoms with van der Waals surface area (Å²) in [6.07, 6.45) is 0. The van der Waals surface area contributed by atoms with Crippen LogP contribution in [0.25, 0.3) is 10.2 Å². The van der Waals surface area contributed by atoms with Gasteiger partial charge in [-0.05, 0) is 18.2 Å². The number of nitrogens with one attached hydrogen (secondary N) is 2. The first kappa shape index (κ1) is 13.9. The van der Waals surface area contributed by atoms with E-state index >= 15 is 0 Å². The maximum absolute atomic E-state index is 11.8. The van der Waals surface area contributed by atoms with Crippen LogP contribution in [0.4, 0.5) is 0 Å². The molecule has 3 N–H and O–H groups in total. The highest BCUT2D eigenvalue weighted by atomic mass is 32.1. The largest absolute Gasteiger partial charge is 0.480 e. The number of hydrogen-bond acceptors (Lipinski definition) is 5. The monoisotopic (exact) mass is 293 g/mol. The summed E-state index contributed by atoms with van der Waals surface area (Å²) in [7, 11) is 0. The molecule has 0 bridgehead atoms. The van der Waals surface area contributed by atoms with Crippen LogP contribution in [0.2, 0.25) is 0 Å². The number of aromatic nitrogens is 1. The number of benzene rings is 1. The van der Waals surface area contributed by atoms with Crippen molar-refractivity contribution in [2.24, 2.45) is 0 Å². The molecule has 0 aliphatic heterocycles. The summed E-state index contributed by atoms with van der Waals surface area (Å²) in [5, 5.41) is 13.0. The van der Waals surface area contributed by atoms with Crippen LogP contribution in [-0.2, 0) is 9.59 Å². The molecule has 7 nitrogen and oxygen atoms in total. The smallest absolute Gasteiger partial charge is 0.322 e. The molecule has 1 heterocycles. The van der Waals surface area contributed by atoms with Gasteiger partial charge in [0.1, 0.15) is 6.54 Å².